The topological polar surface area (TPSA) is 80.3 Å². The van der Waals surface area contributed by atoms with Gasteiger partial charge in [0.1, 0.15) is 9.84 Å². The van der Waals surface area contributed by atoms with Gasteiger partial charge in [0.25, 0.3) is 0 Å². The Morgan fingerprint density at radius 3 is 2.24 bits per heavy atom. The van der Waals surface area contributed by atoms with E-state index in [4.69, 9.17) is 0 Å². The summed E-state index contributed by atoms with van der Waals surface area (Å²) >= 11 is 3.33. The highest BCUT2D eigenvalue weighted by Gasteiger charge is 2.33. The van der Waals surface area contributed by atoms with Crippen molar-refractivity contribution in [3.63, 3.8) is 0 Å². The Kier molecular flexibility index (Phi) is 5.12. The molecule has 0 radical (unpaired) electrons. The van der Waals surface area contributed by atoms with Crippen LogP contribution < -0.4 is 4.72 Å². The Hall–Kier alpha value is -0.440. The second-order valence-corrected chi connectivity index (χ2v) is 10.5. The van der Waals surface area contributed by atoms with Gasteiger partial charge in [-0.3, -0.25) is 0 Å². The van der Waals surface area contributed by atoms with E-state index in [9.17, 15) is 16.8 Å². The third kappa shape index (κ3) is 4.51. The van der Waals surface area contributed by atoms with Gasteiger partial charge in [0.2, 0.25) is 10.0 Å². The average molecular weight is 396 g/mol. The predicted octanol–water partition coefficient (Wildman–Crippen LogP) is 2.01. The molecule has 0 amide bonds. The first-order chi connectivity index (χ1) is 9.70. The molecule has 1 aliphatic rings. The molecule has 21 heavy (non-hydrogen) atoms. The molecule has 1 aromatic carbocycles. The highest BCUT2D eigenvalue weighted by atomic mass is 79.9. The lowest BCUT2D eigenvalue weighted by atomic mass is 10.1. The van der Waals surface area contributed by atoms with Crippen molar-refractivity contribution in [1.82, 2.24) is 4.72 Å². The smallest absolute Gasteiger partial charge is 0.215 e. The number of benzene rings is 1. The van der Waals surface area contributed by atoms with Crippen LogP contribution >= 0.6 is 15.9 Å². The molecule has 118 valence electrons. The summed E-state index contributed by atoms with van der Waals surface area (Å²) in [7, 11) is -6.58. The first-order valence-corrected chi connectivity index (χ1v) is 10.8. The van der Waals surface area contributed by atoms with Gasteiger partial charge in [0.15, 0.2) is 0 Å². The number of sulfone groups is 1. The third-order valence-electron chi connectivity index (χ3n) is 3.65. The zero-order valence-electron chi connectivity index (χ0n) is 11.6. The molecule has 1 unspecified atom stereocenters. The van der Waals surface area contributed by atoms with Gasteiger partial charge in [0, 0.05) is 10.5 Å². The lowest BCUT2D eigenvalue weighted by Gasteiger charge is -2.24. The maximum Gasteiger partial charge on any atom is 0.215 e. The Labute approximate surface area is 134 Å². The van der Waals surface area contributed by atoms with E-state index >= 15 is 0 Å². The SMILES string of the molecule is CC(NS(=O)(=O)C1CCS(=O)(=O)CC1)c1ccc(Br)cc1. The molecule has 1 saturated heterocycles. The maximum atomic E-state index is 12.3. The Morgan fingerprint density at radius 1 is 1.19 bits per heavy atom. The van der Waals surface area contributed by atoms with Crippen LogP contribution in [0.2, 0.25) is 0 Å². The Morgan fingerprint density at radius 2 is 1.71 bits per heavy atom. The molecule has 5 nitrogen and oxygen atoms in total. The van der Waals surface area contributed by atoms with Crippen LogP contribution in [0.5, 0.6) is 0 Å². The molecule has 1 fully saturated rings. The molecule has 1 aliphatic heterocycles. The molecule has 1 atom stereocenters. The van der Waals surface area contributed by atoms with Crippen LogP contribution in [-0.4, -0.2) is 33.6 Å². The van der Waals surface area contributed by atoms with Gasteiger partial charge < -0.3 is 0 Å². The second-order valence-electron chi connectivity index (χ2n) is 5.29. The van der Waals surface area contributed by atoms with E-state index in [1.807, 2.05) is 24.3 Å². The van der Waals surface area contributed by atoms with Gasteiger partial charge in [-0.1, -0.05) is 28.1 Å². The van der Waals surface area contributed by atoms with Crippen LogP contribution in [0, 0.1) is 0 Å². The molecular weight excluding hydrogens is 378 g/mol. The van der Waals surface area contributed by atoms with Crippen LogP contribution in [0.3, 0.4) is 0 Å². The maximum absolute atomic E-state index is 12.3. The summed E-state index contributed by atoms with van der Waals surface area (Å²) in [4.78, 5) is 0. The van der Waals surface area contributed by atoms with Crippen molar-refractivity contribution in [3.8, 4) is 0 Å². The average Bonchev–Trinajstić information content (AvgIpc) is 2.38. The molecule has 0 aromatic heterocycles. The van der Waals surface area contributed by atoms with Crippen LogP contribution in [0.4, 0.5) is 0 Å². The summed E-state index contributed by atoms with van der Waals surface area (Å²) in [5, 5.41) is -0.626. The number of hydrogen-bond acceptors (Lipinski definition) is 4. The van der Waals surface area contributed by atoms with Gasteiger partial charge in [-0.2, -0.15) is 0 Å². The standard InChI is InChI=1S/C13H18BrNO4S2/c1-10(11-2-4-12(14)5-3-11)15-21(18,19)13-6-8-20(16,17)9-7-13/h2-5,10,13,15H,6-9H2,1H3. The molecular formula is C13H18BrNO4S2. The van der Waals surface area contributed by atoms with Crippen LogP contribution in [0.1, 0.15) is 31.4 Å². The molecule has 0 aliphatic carbocycles. The molecule has 8 heteroatoms. The van der Waals surface area contributed by atoms with Crippen molar-refractivity contribution in [3.05, 3.63) is 34.3 Å². The highest BCUT2D eigenvalue weighted by molar-refractivity contribution is 9.10. The summed E-state index contributed by atoms with van der Waals surface area (Å²) in [6.45, 7) is 1.78. The summed E-state index contributed by atoms with van der Waals surface area (Å²) in [5.74, 6) is -0.101. The minimum Gasteiger partial charge on any atom is -0.229 e. The molecule has 0 spiro atoms. The highest BCUT2D eigenvalue weighted by Crippen LogP contribution is 2.22. The number of sulfonamides is 1. The largest absolute Gasteiger partial charge is 0.229 e. The third-order valence-corrected chi connectivity index (χ3v) is 7.93. The summed E-state index contributed by atoms with van der Waals surface area (Å²) in [6.07, 6.45) is 0.343. The number of nitrogens with one attached hydrogen (secondary N) is 1. The Bertz CT molecular complexity index is 684. The summed E-state index contributed by atoms with van der Waals surface area (Å²) < 4.78 is 51.0. The van der Waals surface area contributed by atoms with Crippen LogP contribution in [0.15, 0.2) is 28.7 Å². The lowest BCUT2D eigenvalue weighted by molar-refractivity contribution is 0.533. The lowest BCUT2D eigenvalue weighted by Crippen LogP contribution is -2.40. The van der Waals surface area contributed by atoms with Crippen LogP contribution in [-0.2, 0) is 19.9 Å². The second kappa shape index (κ2) is 6.36. The van der Waals surface area contributed by atoms with Crippen molar-refractivity contribution in [1.29, 1.82) is 0 Å². The van der Waals surface area contributed by atoms with E-state index < -0.39 is 25.1 Å². The Balaban J connectivity index is 2.05. The minimum atomic E-state index is -3.52. The number of rotatable bonds is 4. The van der Waals surface area contributed by atoms with Crippen molar-refractivity contribution in [2.24, 2.45) is 0 Å². The van der Waals surface area contributed by atoms with Crippen molar-refractivity contribution in [2.75, 3.05) is 11.5 Å². The fraction of sp³-hybridized carbons (Fsp3) is 0.538. The number of hydrogen-bond donors (Lipinski definition) is 1. The predicted molar refractivity (Wildman–Crippen MR) is 86.3 cm³/mol. The molecule has 1 heterocycles. The summed E-state index contributed by atoms with van der Waals surface area (Å²) in [6, 6.07) is 7.06. The quantitative estimate of drug-likeness (QED) is 0.845. The number of halogens is 1. The summed E-state index contributed by atoms with van der Waals surface area (Å²) in [5.41, 5.74) is 0.866. The van der Waals surface area contributed by atoms with Crippen molar-refractivity contribution >= 4 is 35.8 Å². The van der Waals surface area contributed by atoms with Crippen molar-refractivity contribution in [2.45, 2.75) is 31.1 Å². The van der Waals surface area contributed by atoms with E-state index in [1.165, 1.54) is 0 Å². The molecule has 2 rings (SSSR count). The molecule has 1 N–H and O–H groups in total. The van der Waals surface area contributed by atoms with Crippen molar-refractivity contribution < 1.29 is 16.8 Å². The van der Waals surface area contributed by atoms with Gasteiger partial charge in [0.05, 0.1) is 16.8 Å². The molecule has 1 aromatic rings. The first-order valence-electron chi connectivity index (χ1n) is 6.67. The zero-order valence-corrected chi connectivity index (χ0v) is 14.8. The van der Waals surface area contributed by atoms with E-state index in [2.05, 4.69) is 20.7 Å². The monoisotopic (exact) mass is 395 g/mol. The molecule has 0 saturated carbocycles. The normalized spacial score (nSPS) is 21.0. The van der Waals surface area contributed by atoms with E-state index in [0.717, 1.165) is 10.0 Å². The first kappa shape index (κ1) is 16.9. The fourth-order valence-corrected chi connectivity index (χ4v) is 6.07. The molecule has 0 bridgehead atoms. The minimum absolute atomic E-state index is 0.0504. The fourth-order valence-electron chi connectivity index (χ4n) is 2.34. The van der Waals surface area contributed by atoms with E-state index in [0.29, 0.717) is 0 Å². The van der Waals surface area contributed by atoms with Crippen LogP contribution in [0.25, 0.3) is 0 Å². The zero-order chi connectivity index (χ0) is 15.7. The van der Waals surface area contributed by atoms with Gasteiger partial charge >= 0.3 is 0 Å². The van der Waals surface area contributed by atoms with E-state index in [1.54, 1.807) is 6.92 Å². The van der Waals surface area contributed by atoms with E-state index in [-0.39, 0.29) is 30.4 Å². The van der Waals surface area contributed by atoms with Gasteiger partial charge in [-0.15, -0.1) is 0 Å². The van der Waals surface area contributed by atoms with Gasteiger partial charge in [-0.25, -0.2) is 21.6 Å². The van der Waals surface area contributed by atoms with Gasteiger partial charge in [-0.05, 0) is 37.5 Å².